The summed E-state index contributed by atoms with van der Waals surface area (Å²) in [6.07, 6.45) is 2.99. The molecule has 1 aliphatic rings. The van der Waals surface area contributed by atoms with Crippen LogP contribution in [0.5, 0.6) is 0 Å². The third kappa shape index (κ3) is 1.24. The number of hydrogen-bond acceptors (Lipinski definition) is 1. The van der Waals surface area contributed by atoms with Crippen LogP contribution in [0.3, 0.4) is 0 Å². The van der Waals surface area contributed by atoms with E-state index in [1.165, 1.54) is 10.9 Å². The molecule has 3 nitrogen and oxygen atoms in total. The van der Waals surface area contributed by atoms with Crippen molar-refractivity contribution in [3.63, 3.8) is 0 Å². The average Bonchev–Trinajstić information content (AvgIpc) is 2.84. The molecule has 2 aromatic rings. The highest BCUT2D eigenvalue weighted by molar-refractivity contribution is 5.93. The number of nitrogens with zero attached hydrogens (tertiary/aromatic N) is 1. The van der Waals surface area contributed by atoms with Gasteiger partial charge in [-0.1, -0.05) is 18.2 Å². The molecule has 1 amide bonds. The topological polar surface area (TPSA) is 34.0 Å². The van der Waals surface area contributed by atoms with Gasteiger partial charge in [-0.05, 0) is 18.1 Å². The van der Waals surface area contributed by atoms with E-state index in [2.05, 4.69) is 28.2 Å². The summed E-state index contributed by atoms with van der Waals surface area (Å²) < 4.78 is 2.09. The van der Waals surface area contributed by atoms with Gasteiger partial charge < -0.3 is 9.88 Å². The lowest BCUT2D eigenvalue weighted by Crippen LogP contribution is -2.17. The predicted molar refractivity (Wildman–Crippen MR) is 63.3 cm³/mol. The molecule has 0 spiro atoms. The molecule has 82 valence electrons. The predicted octanol–water partition coefficient (Wildman–Crippen LogP) is 1.78. The fourth-order valence-corrected chi connectivity index (χ4v) is 2.54. The van der Waals surface area contributed by atoms with Crippen molar-refractivity contribution in [3.05, 3.63) is 36.0 Å². The fourth-order valence-electron chi connectivity index (χ4n) is 2.54. The maximum atomic E-state index is 11.7. The number of aryl methyl sites for hydroxylation is 1. The molecule has 0 aliphatic carbocycles. The first-order valence-corrected chi connectivity index (χ1v) is 5.59. The SMILES string of the molecule is Cn1cc(C2CCNC2=O)c2ccccc21. The first-order valence-electron chi connectivity index (χ1n) is 5.59. The quantitative estimate of drug-likeness (QED) is 0.771. The number of carbonyl (C=O) groups is 1. The Morgan fingerprint density at radius 1 is 1.38 bits per heavy atom. The standard InChI is InChI=1S/C13H14N2O/c1-15-8-11(10-6-7-14-13(10)16)9-4-2-3-5-12(9)15/h2-5,8,10H,6-7H2,1H3,(H,14,16). The van der Waals surface area contributed by atoms with Gasteiger partial charge >= 0.3 is 0 Å². The summed E-state index contributed by atoms with van der Waals surface area (Å²) in [5, 5.41) is 4.09. The number of aromatic nitrogens is 1. The van der Waals surface area contributed by atoms with E-state index in [4.69, 9.17) is 0 Å². The lowest BCUT2D eigenvalue weighted by atomic mass is 9.97. The summed E-state index contributed by atoms with van der Waals surface area (Å²) in [6.45, 7) is 0.798. The largest absolute Gasteiger partial charge is 0.356 e. The van der Waals surface area contributed by atoms with E-state index >= 15 is 0 Å². The highest BCUT2D eigenvalue weighted by Crippen LogP contribution is 2.31. The Balaban J connectivity index is 2.20. The average molecular weight is 214 g/mol. The Kier molecular flexibility index (Phi) is 1.99. The van der Waals surface area contributed by atoms with Crippen LogP contribution in [0, 0.1) is 0 Å². The van der Waals surface area contributed by atoms with E-state index in [1.54, 1.807) is 0 Å². The summed E-state index contributed by atoms with van der Waals surface area (Å²) in [7, 11) is 2.03. The van der Waals surface area contributed by atoms with Crippen molar-refractivity contribution in [2.24, 2.45) is 7.05 Å². The van der Waals surface area contributed by atoms with Gasteiger partial charge in [-0.15, -0.1) is 0 Å². The summed E-state index contributed by atoms with van der Waals surface area (Å²) >= 11 is 0. The molecule has 1 N–H and O–H groups in total. The minimum atomic E-state index is 0.0334. The van der Waals surface area contributed by atoms with Crippen molar-refractivity contribution >= 4 is 16.8 Å². The van der Waals surface area contributed by atoms with Crippen molar-refractivity contribution in [2.75, 3.05) is 6.54 Å². The lowest BCUT2D eigenvalue weighted by Gasteiger charge is -2.04. The zero-order chi connectivity index (χ0) is 11.1. The number of amides is 1. The molecule has 16 heavy (non-hydrogen) atoms. The van der Waals surface area contributed by atoms with Gasteiger partial charge in [0.05, 0.1) is 5.92 Å². The Bertz CT molecular complexity index is 556. The molecule has 3 rings (SSSR count). The Labute approximate surface area is 94.1 Å². The molecule has 0 bridgehead atoms. The third-order valence-corrected chi connectivity index (χ3v) is 3.35. The molecule has 1 aromatic carbocycles. The van der Waals surface area contributed by atoms with E-state index in [0.29, 0.717) is 0 Å². The van der Waals surface area contributed by atoms with Crippen LogP contribution < -0.4 is 5.32 Å². The van der Waals surface area contributed by atoms with Crippen molar-refractivity contribution in [1.82, 2.24) is 9.88 Å². The minimum Gasteiger partial charge on any atom is -0.356 e. The van der Waals surface area contributed by atoms with Crippen molar-refractivity contribution in [2.45, 2.75) is 12.3 Å². The summed E-state index contributed by atoms with van der Waals surface area (Å²) in [6, 6.07) is 8.24. The van der Waals surface area contributed by atoms with E-state index in [0.717, 1.165) is 18.5 Å². The van der Waals surface area contributed by atoms with Crippen LogP contribution in [-0.2, 0) is 11.8 Å². The zero-order valence-electron chi connectivity index (χ0n) is 9.23. The molecule has 1 fully saturated rings. The smallest absolute Gasteiger partial charge is 0.227 e. The number of para-hydroxylation sites is 1. The second kappa shape index (κ2) is 3.37. The fraction of sp³-hybridized carbons (Fsp3) is 0.308. The number of carbonyl (C=O) groups excluding carboxylic acids is 1. The molecule has 3 heteroatoms. The van der Waals surface area contributed by atoms with Gasteiger partial charge in [0, 0.05) is 30.7 Å². The molecule has 1 unspecified atom stereocenters. The molecule has 1 saturated heterocycles. The molecular formula is C13H14N2O. The van der Waals surface area contributed by atoms with Crippen LogP contribution in [0.25, 0.3) is 10.9 Å². The summed E-state index contributed by atoms with van der Waals surface area (Å²) in [5.74, 6) is 0.197. The lowest BCUT2D eigenvalue weighted by molar-refractivity contribution is -0.120. The van der Waals surface area contributed by atoms with Gasteiger partial charge in [0.15, 0.2) is 0 Å². The van der Waals surface area contributed by atoms with E-state index in [1.807, 2.05) is 19.2 Å². The van der Waals surface area contributed by atoms with Gasteiger partial charge in [0.1, 0.15) is 0 Å². The second-order valence-corrected chi connectivity index (χ2v) is 4.34. The molecule has 1 aliphatic heterocycles. The van der Waals surface area contributed by atoms with Crippen molar-refractivity contribution < 1.29 is 4.79 Å². The van der Waals surface area contributed by atoms with E-state index in [9.17, 15) is 4.79 Å². The summed E-state index contributed by atoms with van der Waals surface area (Å²) in [5.41, 5.74) is 2.35. The molecule has 1 atom stereocenters. The highest BCUT2D eigenvalue weighted by atomic mass is 16.2. The maximum Gasteiger partial charge on any atom is 0.227 e. The first kappa shape index (κ1) is 9.46. The Morgan fingerprint density at radius 3 is 2.94 bits per heavy atom. The molecule has 0 radical (unpaired) electrons. The first-order chi connectivity index (χ1) is 7.77. The number of fused-ring (bicyclic) bond motifs is 1. The Hall–Kier alpha value is -1.77. The second-order valence-electron chi connectivity index (χ2n) is 4.34. The van der Waals surface area contributed by atoms with Crippen LogP contribution in [0.15, 0.2) is 30.5 Å². The maximum absolute atomic E-state index is 11.7. The van der Waals surface area contributed by atoms with E-state index in [-0.39, 0.29) is 11.8 Å². The number of benzene rings is 1. The molecular weight excluding hydrogens is 200 g/mol. The van der Waals surface area contributed by atoms with Gasteiger partial charge in [-0.2, -0.15) is 0 Å². The molecule has 1 aromatic heterocycles. The summed E-state index contributed by atoms with van der Waals surface area (Å²) in [4.78, 5) is 11.7. The molecule has 2 heterocycles. The van der Waals surface area contributed by atoms with Gasteiger partial charge in [-0.3, -0.25) is 4.79 Å². The van der Waals surface area contributed by atoms with Gasteiger partial charge in [0.25, 0.3) is 0 Å². The normalized spacial score (nSPS) is 20.3. The van der Waals surface area contributed by atoms with Crippen LogP contribution in [0.4, 0.5) is 0 Å². The van der Waals surface area contributed by atoms with Crippen LogP contribution in [0.1, 0.15) is 17.9 Å². The zero-order valence-corrected chi connectivity index (χ0v) is 9.23. The van der Waals surface area contributed by atoms with Crippen LogP contribution >= 0.6 is 0 Å². The van der Waals surface area contributed by atoms with Gasteiger partial charge in [0.2, 0.25) is 5.91 Å². The number of nitrogens with one attached hydrogen (secondary N) is 1. The van der Waals surface area contributed by atoms with Crippen LogP contribution in [-0.4, -0.2) is 17.0 Å². The number of rotatable bonds is 1. The Morgan fingerprint density at radius 2 is 2.19 bits per heavy atom. The highest BCUT2D eigenvalue weighted by Gasteiger charge is 2.28. The monoisotopic (exact) mass is 214 g/mol. The van der Waals surface area contributed by atoms with E-state index < -0.39 is 0 Å². The third-order valence-electron chi connectivity index (χ3n) is 3.35. The van der Waals surface area contributed by atoms with Crippen molar-refractivity contribution in [1.29, 1.82) is 0 Å². The van der Waals surface area contributed by atoms with Crippen LogP contribution in [0.2, 0.25) is 0 Å². The number of hydrogen-bond donors (Lipinski definition) is 1. The van der Waals surface area contributed by atoms with Crippen molar-refractivity contribution in [3.8, 4) is 0 Å². The minimum absolute atomic E-state index is 0.0334. The molecule has 0 saturated carbocycles. The van der Waals surface area contributed by atoms with Gasteiger partial charge in [-0.25, -0.2) is 0 Å².